The summed E-state index contributed by atoms with van der Waals surface area (Å²) >= 11 is 0. The summed E-state index contributed by atoms with van der Waals surface area (Å²) in [7, 11) is 0. The van der Waals surface area contributed by atoms with Crippen LogP contribution in [0, 0.1) is 11.3 Å². The Kier molecular flexibility index (Phi) is 2.94. The number of para-hydroxylation sites is 1. The van der Waals surface area contributed by atoms with Crippen molar-refractivity contribution in [2.75, 3.05) is 6.54 Å². The predicted octanol–water partition coefficient (Wildman–Crippen LogP) is 1.65. The lowest BCUT2D eigenvalue weighted by Gasteiger charge is -2.28. The van der Waals surface area contributed by atoms with Gasteiger partial charge in [0.15, 0.2) is 0 Å². The predicted molar refractivity (Wildman–Crippen MR) is 74.0 cm³/mol. The van der Waals surface area contributed by atoms with Crippen LogP contribution >= 0.6 is 0 Å². The third kappa shape index (κ3) is 1.68. The van der Waals surface area contributed by atoms with E-state index in [2.05, 4.69) is 6.07 Å². The number of hydrogen-bond donors (Lipinski definition) is 2. The molecule has 1 aliphatic rings. The highest BCUT2D eigenvalue weighted by atomic mass is 16.5. The number of ether oxygens (including phenoxy) is 1. The van der Waals surface area contributed by atoms with Crippen LogP contribution in [0.4, 0.5) is 0 Å². The zero-order valence-electron chi connectivity index (χ0n) is 10.8. The molecule has 2 aromatic rings. The molecule has 2 aromatic carbocycles. The number of benzene rings is 2. The quantitative estimate of drug-likeness (QED) is 0.822. The number of fused-ring (bicyclic) bond motifs is 2. The topological polar surface area (TPSA) is 79.3 Å². The van der Waals surface area contributed by atoms with Gasteiger partial charge in [0.25, 0.3) is 0 Å². The van der Waals surface area contributed by atoms with Gasteiger partial charge in [0.1, 0.15) is 18.0 Å². The van der Waals surface area contributed by atoms with Gasteiger partial charge in [0.2, 0.25) is 0 Å². The molecule has 4 heteroatoms. The van der Waals surface area contributed by atoms with Crippen molar-refractivity contribution in [2.45, 2.75) is 12.2 Å². The molecule has 0 aliphatic carbocycles. The molecule has 0 bridgehead atoms. The Balaban J connectivity index is 2.32. The highest BCUT2D eigenvalue weighted by molar-refractivity contribution is 5.53. The van der Waals surface area contributed by atoms with Crippen molar-refractivity contribution in [2.24, 2.45) is 5.73 Å². The van der Waals surface area contributed by atoms with E-state index in [0.717, 1.165) is 0 Å². The Morgan fingerprint density at radius 1 is 1.20 bits per heavy atom. The molecule has 20 heavy (non-hydrogen) atoms. The maximum absolute atomic E-state index is 11.1. The fraction of sp³-hybridized carbons (Fsp3) is 0.188. The van der Waals surface area contributed by atoms with E-state index >= 15 is 0 Å². The first-order valence-electron chi connectivity index (χ1n) is 6.38. The van der Waals surface area contributed by atoms with Gasteiger partial charge in [0.05, 0.1) is 11.6 Å². The van der Waals surface area contributed by atoms with Crippen LogP contribution in [-0.2, 0) is 12.2 Å². The fourth-order valence-corrected chi connectivity index (χ4v) is 2.68. The van der Waals surface area contributed by atoms with E-state index in [1.807, 2.05) is 12.1 Å². The third-order valence-electron chi connectivity index (χ3n) is 3.74. The molecule has 4 nitrogen and oxygen atoms in total. The van der Waals surface area contributed by atoms with Gasteiger partial charge in [0, 0.05) is 17.7 Å². The molecule has 100 valence electrons. The van der Waals surface area contributed by atoms with Crippen molar-refractivity contribution < 1.29 is 9.84 Å². The number of aliphatic hydroxyl groups is 1. The molecule has 0 spiro atoms. The van der Waals surface area contributed by atoms with Crippen LogP contribution in [0.2, 0.25) is 0 Å². The summed E-state index contributed by atoms with van der Waals surface area (Å²) in [4.78, 5) is 0. The van der Waals surface area contributed by atoms with Crippen LogP contribution in [-0.4, -0.2) is 11.7 Å². The minimum absolute atomic E-state index is 0.0231. The van der Waals surface area contributed by atoms with Gasteiger partial charge < -0.3 is 15.6 Å². The largest absolute Gasteiger partial charge is 0.488 e. The van der Waals surface area contributed by atoms with Gasteiger partial charge in [-0.3, -0.25) is 0 Å². The number of hydrogen-bond acceptors (Lipinski definition) is 4. The maximum atomic E-state index is 11.1. The lowest BCUT2D eigenvalue weighted by molar-refractivity contribution is 0.0894. The first-order chi connectivity index (χ1) is 9.70. The van der Waals surface area contributed by atoms with Crippen molar-refractivity contribution in [1.82, 2.24) is 0 Å². The zero-order valence-corrected chi connectivity index (χ0v) is 10.8. The minimum atomic E-state index is -1.34. The highest BCUT2D eigenvalue weighted by Gasteiger charge is 2.37. The Hall–Kier alpha value is -2.35. The van der Waals surface area contributed by atoms with E-state index in [-0.39, 0.29) is 13.2 Å². The number of nitriles is 1. The van der Waals surface area contributed by atoms with Gasteiger partial charge in [-0.25, -0.2) is 0 Å². The van der Waals surface area contributed by atoms with Crippen LogP contribution < -0.4 is 10.5 Å². The number of rotatable bonds is 1. The average Bonchev–Trinajstić information content (AvgIpc) is 2.64. The van der Waals surface area contributed by atoms with Crippen molar-refractivity contribution in [1.29, 1.82) is 5.26 Å². The van der Waals surface area contributed by atoms with E-state index in [4.69, 9.17) is 10.5 Å². The van der Waals surface area contributed by atoms with E-state index in [1.165, 1.54) is 0 Å². The lowest BCUT2D eigenvalue weighted by atomic mass is 9.83. The molecule has 1 heterocycles. The molecule has 0 fully saturated rings. The number of nitrogens with two attached hydrogens (primary N) is 1. The van der Waals surface area contributed by atoms with E-state index in [1.54, 1.807) is 30.3 Å². The molecule has 3 N–H and O–H groups in total. The van der Waals surface area contributed by atoms with E-state index < -0.39 is 5.60 Å². The maximum Gasteiger partial charge on any atom is 0.131 e. The van der Waals surface area contributed by atoms with Crippen molar-refractivity contribution >= 4 is 0 Å². The van der Waals surface area contributed by atoms with Gasteiger partial charge in [-0.15, -0.1) is 0 Å². The first-order valence-corrected chi connectivity index (χ1v) is 6.38. The molecular formula is C16H14N2O2. The Bertz CT molecular complexity index is 706. The minimum Gasteiger partial charge on any atom is -0.488 e. The Morgan fingerprint density at radius 3 is 2.70 bits per heavy atom. The van der Waals surface area contributed by atoms with Crippen molar-refractivity contribution in [3.8, 4) is 11.8 Å². The Morgan fingerprint density at radius 2 is 1.95 bits per heavy atom. The normalized spacial score (nSPS) is 20.1. The van der Waals surface area contributed by atoms with Gasteiger partial charge >= 0.3 is 0 Å². The second-order valence-electron chi connectivity index (χ2n) is 4.79. The molecule has 1 unspecified atom stereocenters. The molecule has 1 aliphatic heterocycles. The van der Waals surface area contributed by atoms with Crippen LogP contribution in [0.3, 0.4) is 0 Å². The lowest BCUT2D eigenvalue weighted by Crippen LogP contribution is -2.36. The molecule has 3 rings (SSSR count). The summed E-state index contributed by atoms with van der Waals surface area (Å²) in [5, 5.41) is 20.3. The molecular weight excluding hydrogens is 252 g/mol. The van der Waals surface area contributed by atoms with Crippen LogP contribution in [0.1, 0.15) is 22.3 Å². The average molecular weight is 266 g/mol. The van der Waals surface area contributed by atoms with Gasteiger partial charge in [-0.2, -0.15) is 5.26 Å². The molecule has 0 amide bonds. The summed E-state index contributed by atoms with van der Waals surface area (Å²) in [6.07, 6.45) is 0. The van der Waals surface area contributed by atoms with Gasteiger partial charge in [-0.05, 0) is 17.7 Å². The smallest absolute Gasteiger partial charge is 0.131 e. The summed E-state index contributed by atoms with van der Waals surface area (Å²) < 4.78 is 5.75. The monoisotopic (exact) mass is 266 g/mol. The van der Waals surface area contributed by atoms with Crippen LogP contribution in [0.25, 0.3) is 0 Å². The second-order valence-corrected chi connectivity index (χ2v) is 4.79. The summed E-state index contributed by atoms with van der Waals surface area (Å²) in [5.74, 6) is 0.598. The summed E-state index contributed by atoms with van der Waals surface area (Å²) in [6.45, 7) is 0.271. The van der Waals surface area contributed by atoms with Crippen LogP contribution in [0.15, 0.2) is 42.5 Å². The summed E-state index contributed by atoms with van der Waals surface area (Å²) in [5.41, 5.74) is 6.98. The first kappa shape index (κ1) is 12.7. The van der Waals surface area contributed by atoms with Crippen molar-refractivity contribution in [3.05, 3.63) is 64.7 Å². The second kappa shape index (κ2) is 4.64. The van der Waals surface area contributed by atoms with E-state index in [0.29, 0.717) is 28.0 Å². The zero-order chi connectivity index (χ0) is 14.2. The highest BCUT2D eigenvalue weighted by Crippen LogP contribution is 2.40. The standard InChI is InChI=1S/C16H14N2O2/c17-8-11-4-3-6-13-12(11)9-20-15-7-2-1-5-14(15)16(13,19)10-18/h1-7,19H,9-10,18H2. The fourth-order valence-electron chi connectivity index (χ4n) is 2.68. The third-order valence-corrected chi connectivity index (χ3v) is 3.74. The van der Waals surface area contributed by atoms with Crippen molar-refractivity contribution in [3.63, 3.8) is 0 Å². The molecule has 0 aromatic heterocycles. The number of nitrogens with zero attached hydrogens (tertiary/aromatic N) is 1. The van der Waals surface area contributed by atoms with Crippen LogP contribution in [0.5, 0.6) is 5.75 Å². The summed E-state index contributed by atoms with van der Waals surface area (Å²) in [6, 6.07) is 14.7. The van der Waals surface area contributed by atoms with Gasteiger partial charge in [-0.1, -0.05) is 30.3 Å². The molecule has 0 saturated heterocycles. The van der Waals surface area contributed by atoms with E-state index in [9.17, 15) is 10.4 Å². The SMILES string of the molecule is N#Cc1cccc2c1COc1ccccc1C2(O)CN. The molecule has 0 radical (unpaired) electrons. The molecule has 1 atom stereocenters. The Labute approximate surface area is 117 Å². The molecule has 0 saturated carbocycles.